The lowest BCUT2D eigenvalue weighted by Crippen LogP contribution is -2.46. The minimum atomic E-state index is -4.43. The first kappa shape index (κ1) is 18.1. The summed E-state index contributed by atoms with van der Waals surface area (Å²) < 4.78 is 40.2. The number of hydrogen-bond donors (Lipinski definition) is 1. The van der Waals surface area contributed by atoms with E-state index in [1.165, 1.54) is 25.2 Å². The molecule has 1 saturated carbocycles. The molecule has 1 spiro atoms. The van der Waals surface area contributed by atoms with Gasteiger partial charge in [0, 0.05) is 58.2 Å². The second-order valence-corrected chi connectivity index (χ2v) is 8.37. The van der Waals surface area contributed by atoms with Gasteiger partial charge < -0.3 is 15.1 Å². The van der Waals surface area contributed by atoms with E-state index in [1.54, 1.807) is 6.07 Å². The Morgan fingerprint density at radius 2 is 1.79 bits per heavy atom. The number of fused-ring (bicyclic) bond motifs is 1. The van der Waals surface area contributed by atoms with Crippen LogP contribution in [-0.2, 0) is 6.18 Å². The molecule has 0 amide bonds. The van der Waals surface area contributed by atoms with Crippen LogP contribution in [0.4, 0.5) is 18.9 Å². The second kappa shape index (κ2) is 6.56. The first-order valence-electron chi connectivity index (χ1n) is 9.95. The number of rotatable bonds is 3. The zero-order valence-corrected chi connectivity index (χ0v) is 15.7. The number of nitrogens with one attached hydrogen (secondary N) is 1. The fourth-order valence-corrected chi connectivity index (χ4v) is 4.93. The quantitative estimate of drug-likeness (QED) is 0.872. The van der Waals surface area contributed by atoms with E-state index in [1.807, 2.05) is 0 Å². The Kier molecular flexibility index (Phi) is 4.24. The lowest BCUT2D eigenvalue weighted by atomic mass is 9.92. The topological polar surface area (TPSA) is 44.3 Å². The Labute approximate surface area is 161 Å². The Bertz CT molecular complexity index is 874. The first-order valence-corrected chi connectivity index (χ1v) is 9.95. The summed E-state index contributed by atoms with van der Waals surface area (Å²) in [5.41, 5.74) is 0.698. The molecule has 1 aromatic carbocycles. The average Bonchev–Trinajstić information content (AvgIpc) is 3.38. The summed E-state index contributed by atoms with van der Waals surface area (Å²) in [6, 6.07) is 2.75. The van der Waals surface area contributed by atoms with Gasteiger partial charge in [-0.1, -0.05) is 0 Å². The molecule has 2 aromatic rings. The van der Waals surface area contributed by atoms with Gasteiger partial charge in [0.25, 0.3) is 0 Å². The standard InChI is InChI=1S/C20H24F3N5/c21-20(22,23)15-1-2-16(18-17(15)25-5-6-26-18)28-12-14(19(13-28)3-4-19)11-27-9-7-24-8-10-27/h1-2,5-6,14,24H,3-4,7-13H2. The lowest BCUT2D eigenvalue weighted by Gasteiger charge is -2.31. The predicted octanol–water partition coefficient (Wildman–Crippen LogP) is 2.77. The smallest absolute Gasteiger partial charge is 0.369 e. The van der Waals surface area contributed by atoms with Crippen molar-refractivity contribution in [2.24, 2.45) is 11.3 Å². The van der Waals surface area contributed by atoms with Gasteiger partial charge in [-0.25, -0.2) is 0 Å². The summed E-state index contributed by atoms with van der Waals surface area (Å²) in [6.45, 7) is 7.05. The summed E-state index contributed by atoms with van der Waals surface area (Å²) in [7, 11) is 0. The molecular formula is C20H24F3N5. The van der Waals surface area contributed by atoms with Crippen LogP contribution < -0.4 is 10.2 Å². The molecule has 3 aliphatic rings. The third kappa shape index (κ3) is 3.12. The molecule has 0 bridgehead atoms. The number of hydrogen-bond acceptors (Lipinski definition) is 5. The molecule has 5 nitrogen and oxygen atoms in total. The van der Waals surface area contributed by atoms with Gasteiger partial charge in [-0.2, -0.15) is 13.2 Å². The average molecular weight is 391 g/mol. The van der Waals surface area contributed by atoms with E-state index in [-0.39, 0.29) is 5.52 Å². The Balaban J connectivity index is 1.45. The maximum Gasteiger partial charge on any atom is 0.418 e. The summed E-state index contributed by atoms with van der Waals surface area (Å²) in [5, 5.41) is 3.39. The van der Waals surface area contributed by atoms with Crippen LogP contribution in [-0.4, -0.2) is 60.7 Å². The number of nitrogens with zero attached hydrogens (tertiary/aromatic N) is 4. The molecule has 3 heterocycles. The SMILES string of the molecule is FC(F)(F)c1ccc(N2CC(CN3CCNCC3)C3(CC3)C2)c2nccnc12. The van der Waals surface area contributed by atoms with Crippen molar-refractivity contribution in [1.82, 2.24) is 20.2 Å². The van der Waals surface area contributed by atoms with Crippen molar-refractivity contribution in [3.63, 3.8) is 0 Å². The van der Waals surface area contributed by atoms with Gasteiger partial charge in [-0.05, 0) is 36.3 Å². The summed E-state index contributed by atoms with van der Waals surface area (Å²) in [4.78, 5) is 13.1. The molecule has 28 heavy (non-hydrogen) atoms. The Morgan fingerprint density at radius 1 is 1.07 bits per heavy atom. The number of benzene rings is 1. The number of piperazine rings is 1. The van der Waals surface area contributed by atoms with Gasteiger partial charge in [0.1, 0.15) is 11.0 Å². The minimum absolute atomic E-state index is 0.0529. The molecule has 2 aliphatic heterocycles. The van der Waals surface area contributed by atoms with E-state index in [0.717, 1.165) is 57.6 Å². The predicted molar refractivity (Wildman–Crippen MR) is 101 cm³/mol. The Morgan fingerprint density at radius 3 is 2.46 bits per heavy atom. The van der Waals surface area contributed by atoms with Crippen LogP contribution in [0.25, 0.3) is 11.0 Å². The van der Waals surface area contributed by atoms with Crippen molar-refractivity contribution >= 4 is 16.7 Å². The van der Waals surface area contributed by atoms with Crippen molar-refractivity contribution in [2.45, 2.75) is 19.0 Å². The van der Waals surface area contributed by atoms with E-state index in [2.05, 4.69) is 25.1 Å². The zero-order chi connectivity index (χ0) is 19.4. The van der Waals surface area contributed by atoms with Gasteiger partial charge in [0.2, 0.25) is 0 Å². The fourth-order valence-electron chi connectivity index (χ4n) is 4.93. The van der Waals surface area contributed by atoms with E-state index in [9.17, 15) is 13.2 Å². The maximum absolute atomic E-state index is 13.4. The number of anilines is 1. The number of aromatic nitrogens is 2. The van der Waals surface area contributed by atoms with Crippen LogP contribution in [0.1, 0.15) is 18.4 Å². The van der Waals surface area contributed by atoms with Crippen LogP contribution in [0.3, 0.4) is 0 Å². The summed E-state index contributed by atoms with van der Waals surface area (Å²) in [5.74, 6) is 0.555. The molecule has 3 fully saturated rings. The maximum atomic E-state index is 13.4. The molecular weight excluding hydrogens is 367 g/mol. The lowest BCUT2D eigenvalue weighted by molar-refractivity contribution is -0.136. The largest absolute Gasteiger partial charge is 0.418 e. The van der Waals surface area contributed by atoms with Crippen molar-refractivity contribution in [2.75, 3.05) is 50.7 Å². The van der Waals surface area contributed by atoms with E-state index >= 15 is 0 Å². The van der Waals surface area contributed by atoms with Crippen molar-refractivity contribution in [3.05, 3.63) is 30.1 Å². The molecule has 150 valence electrons. The highest BCUT2D eigenvalue weighted by Gasteiger charge is 2.55. The van der Waals surface area contributed by atoms with Gasteiger partial charge in [0.15, 0.2) is 0 Å². The van der Waals surface area contributed by atoms with Gasteiger partial charge in [-0.3, -0.25) is 9.97 Å². The molecule has 5 rings (SSSR count). The first-order chi connectivity index (χ1) is 13.5. The third-order valence-electron chi connectivity index (χ3n) is 6.64. The van der Waals surface area contributed by atoms with Crippen molar-refractivity contribution in [3.8, 4) is 0 Å². The highest BCUT2D eigenvalue weighted by molar-refractivity contribution is 5.91. The van der Waals surface area contributed by atoms with Crippen LogP contribution in [0, 0.1) is 11.3 Å². The summed E-state index contributed by atoms with van der Waals surface area (Å²) >= 11 is 0. The van der Waals surface area contributed by atoms with Gasteiger partial charge in [0.05, 0.1) is 11.3 Å². The normalized spacial score (nSPS) is 25.0. The zero-order valence-electron chi connectivity index (χ0n) is 15.7. The molecule has 8 heteroatoms. The van der Waals surface area contributed by atoms with Crippen molar-refractivity contribution in [1.29, 1.82) is 0 Å². The number of halogens is 3. The molecule has 1 atom stereocenters. The minimum Gasteiger partial charge on any atom is -0.369 e. The van der Waals surface area contributed by atoms with E-state index in [0.29, 0.717) is 16.8 Å². The van der Waals surface area contributed by atoms with Crippen LogP contribution in [0.5, 0.6) is 0 Å². The molecule has 0 radical (unpaired) electrons. The molecule has 1 aliphatic carbocycles. The van der Waals surface area contributed by atoms with E-state index in [4.69, 9.17) is 0 Å². The second-order valence-electron chi connectivity index (χ2n) is 8.37. The monoisotopic (exact) mass is 391 g/mol. The fraction of sp³-hybridized carbons (Fsp3) is 0.600. The molecule has 1 N–H and O–H groups in total. The van der Waals surface area contributed by atoms with Gasteiger partial charge in [-0.15, -0.1) is 0 Å². The molecule has 1 aromatic heterocycles. The highest BCUT2D eigenvalue weighted by Crippen LogP contribution is 2.57. The Hall–Kier alpha value is -1.93. The van der Waals surface area contributed by atoms with Crippen molar-refractivity contribution < 1.29 is 13.2 Å². The van der Waals surface area contributed by atoms with E-state index < -0.39 is 11.7 Å². The molecule has 2 saturated heterocycles. The van der Waals surface area contributed by atoms with Crippen LogP contribution in [0.15, 0.2) is 24.5 Å². The van der Waals surface area contributed by atoms with Gasteiger partial charge >= 0.3 is 6.18 Å². The molecule has 1 unspecified atom stereocenters. The third-order valence-corrected chi connectivity index (χ3v) is 6.64. The summed E-state index contributed by atoms with van der Waals surface area (Å²) in [6.07, 6.45) is 0.809. The van der Waals surface area contributed by atoms with Crippen LogP contribution in [0.2, 0.25) is 0 Å². The number of alkyl halides is 3. The van der Waals surface area contributed by atoms with Crippen LogP contribution >= 0.6 is 0 Å². The highest BCUT2D eigenvalue weighted by atomic mass is 19.4.